The second-order valence-electron chi connectivity index (χ2n) is 5.29. The van der Waals surface area contributed by atoms with Crippen LogP contribution in [-0.2, 0) is 18.0 Å². The van der Waals surface area contributed by atoms with Crippen LogP contribution < -0.4 is 0 Å². The first-order valence-corrected chi connectivity index (χ1v) is 7.21. The van der Waals surface area contributed by atoms with Crippen molar-refractivity contribution < 1.29 is 27.9 Å². The topological polar surface area (TPSA) is 59.3 Å². The minimum absolute atomic E-state index is 0.0273. The predicted octanol–water partition coefficient (Wildman–Crippen LogP) is 4.12. The van der Waals surface area contributed by atoms with E-state index in [9.17, 15) is 22.8 Å². The Morgan fingerprint density at radius 2 is 1.75 bits per heavy atom. The lowest BCUT2D eigenvalue weighted by molar-refractivity contribution is -0.139. The SMILES string of the molecule is CC(C(=O)O)c1cc(Cl)c(C(=O)c2ccc(C(F)(F)F)cc2)n1C. The van der Waals surface area contributed by atoms with E-state index in [0.29, 0.717) is 5.69 Å². The molecule has 0 fully saturated rings. The maximum absolute atomic E-state index is 12.6. The van der Waals surface area contributed by atoms with Gasteiger partial charge < -0.3 is 9.67 Å². The molecular weight excluding hydrogens is 347 g/mol. The lowest BCUT2D eigenvalue weighted by atomic mass is 10.1. The summed E-state index contributed by atoms with van der Waals surface area (Å²) in [7, 11) is 1.48. The summed E-state index contributed by atoms with van der Waals surface area (Å²) in [5, 5.41) is 9.12. The van der Waals surface area contributed by atoms with Crippen molar-refractivity contribution in [1.82, 2.24) is 4.57 Å². The van der Waals surface area contributed by atoms with Crippen molar-refractivity contribution in [2.24, 2.45) is 7.05 Å². The molecular formula is C16H13ClF3NO3. The van der Waals surface area contributed by atoms with E-state index in [-0.39, 0.29) is 16.3 Å². The third kappa shape index (κ3) is 3.31. The number of nitrogens with zero attached hydrogens (tertiary/aromatic N) is 1. The Morgan fingerprint density at radius 3 is 2.21 bits per heavy atom. The average Bonchev–Trinajstić information content (AvgIpc) is 2.79. The van der Waals surface area contributed by atoms with Crippen molar-refractivity contribution in [1.29, 1.82) is 0 Å². The van der Waals surface area contributed by atoms with E-state index in [1.807, 2.05) is 0 Å². The fourth-order valence-corrected chi connectivity index (χ4v) is 2.66. The molecule has 0 radical (unpaired) electrons. The van der Waals surface area contributed by atoms with Gasteiger partial charge in [0, 0.05) is 18.3 Å². The molecule has 0 saturated carbocycles. The molecule has 1 heterocycles. The van der Waals surface area contributed by atoms with Gasteiger partial charge in [0.05, 0.1) is 16.5 Å². The molecule has 0 bridgehead atoms. The van der Waals surface area contributed by atoms with Gasteiger partial charge in [-0.25, -0.2) is 0 Å². The molecule has 24 heavy (non-hydrogen) atoms. The highest BCUT2D eigenvalue weighted by Gasteiger charge is 2.31. The third-order valence-corrected chi connectivity index (χ3v) is 4.02. The highest BCUT2D eigenvalue weighted by molar-refractivity contribution is 6.35. The molecule has 2 aromatic rings. The molecule has 4 nitrogen and oxygen atoms in total. The number of hydrogen-bond acceptors (Lipinski definition) is 2. The van der Waals surface area contributed by atoms with Crippen molar-refractivity contribution in [3.63, 3.8) is 0 Å². The van der Waals surface area contributed by atoms with E-state index >= 15 is 0 Å². The van der Waals surface area contributed by atoms with Gasteiger partial charge in [-0.2, -0.15) is 13.2 Å². The second-order valence-corrected chi connectivity index (χ2v) is 5.70. The van der Waals surface area contributed by atoms with Crippen molar-refractivity contribution >= 4 is 23.4 Å². The van der Waals surface area contributed by atoms with E-state index in [2.05, 4.69) is 0 Å². The fourth-order valence-electron chi connectivity index (χ4n) is 2.33. The van der Waals surface area contributed by atoms with Crippen LogP contribution in [0.15, 0.2) is 30.3 Å². The molecule has 0 spiro atoms. The summed E-state index contributed by atoms with van der Waals surface area (Å²) < 4.78 is 39.1. The van der Waals surface area contributed by atoms with E-state index < -0.39 is 29.4 Å². The van der Waals surface area contributed by atoms with Gasteiger partial charge in [-0.1, -0.05) is 23.7 Å². The van der Waals surface area contributed by atoms with E-state index in [1.165, 1.54) is 24.6 Å². The first-order valence-electron chi connectivity index (χ1n) is 6.84. The van der Waals surface area contributed by atoms with E-state index in [0.717, 1.165) is 24.3 Å². The number of alkyl halides is 3. The summed E-state index contributed by atoms with van der Waals surface area (Å²) in [6.07, 6.45) is -4.49. The van der Waals surface area contributed by atoms with E-state index in [1.54, 1.807) is 0 Å². The van der Waals surface area contributed by atoms with Crippen LogP contribution in [0.1, 0.15) is 40.2 Å². The van der Waals surface area contributed by atoms with Crippen LogP contribution in [0, 0.1) is 0 Å². The summed E-state index contributed by atoms with van der Waals surface area (Å²) in [5.41, 5.74) is -0.486. The number of ketones is 1. The zero-order valence-electron chi connectivity index (χ0n) is 12.7. The molecule has 0 amide bonds. The quantitative estimate of drug-likeness (QED) is 0.835. The van der Waals surface area contributed by atoms with Gasteiger partial charge in [-0.3, -0.25) is 9.59 Å². The third-order valence-electron chi connectivity index (χ3n) is 3.73. The smallest absolute Gasteiger partial charge is 0.416 e. The summed E-state index contributed by atoms with van der Waals surface area (Å²) >= 11 is 6.03. The van der Waals surface area contributed by atoms with Crippen LogP contribution in [0.2, 0.25) is 5.02 Å². The minimum atomic E-state index is -4.49. The standard InChI is InChI=1S/C16H13ClF3NO3/c1-8(15(23)24)12-7-11(17)13(21(12)2)14(22)9-3-5-10(6-4-9)16(18,19)20/h3-8H,1-2H3,(H,23,24). The maximum atomic E-state index is 12.6. The van der Waals surface area contributed by atoms with Crippen LogP contribution in [-0.4, -0.2) is 21.4 Å². The molecule has 1 N–H and O–H groups in total. The number of aromatic nitrogens is 1. The zero-order valence-corrected chi connectivity index (χ0v) is 13.4. The normalized spacial score (nSPS) is 12.9. The molecule has 1 aromatic heterocycles. The van der Waals surface area contributed by atoms with Gasteiger partial charge in [0.25, 0.3) is 0 Å². The Bertz CT molecular complexity index is 794. The molecule has 0 aliphatic carbocycles. The van der Waals surface area contributed by atoms with Crippen LogP contribution in [0.25, 0.3) is 0 Å². The Labute approximate surface area is 140 Å². The number of carbonyl (C=O) groups is 2. The van der Waals surface area contributed by atoms with Gasteiger partial charge in [0.1, 0.15) is 5.69 Å². The molecule has 2 rings (SSSR count). The van der Waals surface area contributed by atoms with Gasteiger partial charge >= 0.3 is 12.1 Å². The molecule has 8 heteroatoms. The average molecular weight is 360 g/mol. The number of aliphatic carboxylic acids is 1. The Morgan fingerprint density at radius 1 is 1.21 bits per heavy atom. The van der Waals surface area contributed by atoms with Gasteiger partial charge in [0.2, 0.25) is 5.78 Å². The largest absolute Gasteiger partial charge is 0.481 e. The van der Waals surface area contributed by atoms with Gasteiger partial charge in [-0.05, 0) is 25.1 Å². The number of carboxylic acids is 1. The first kappa shape index (κ1) is 18.1. The van der Waals surface area contributed by atoms with Gasteiger partial charge in [-0.15, -0.1) is 0 Å². The lowest BCUT2D eigenvalue weighted by Crippen LogP contribution is -2.15. The number of carboxylic acid groups (broad SMARTS) is 1. The fraction of sp³-hybridized carbons (Fsp3) is 0.250. The summed E-state index contributed by atoms with van der Waals surface area (Å²) in [5.74, 6) is -2.55. The Kier molecular flexibility index (Phi) is 4.75. The summed E-state index contributed by atoms with van der Waals surface area (Å²) in [6.45, 7) is 1.44. The number of hydrogen-bond donors (Lipinski definition) is 1. The maximum Gasteiger partial charge on any atom is 0.416 e. The van der Waals surface area contributed by atoms with Crippen LogP contribution in [0.3, 0.4) is 0 Å². The summed E-state index contributed by atoms with van der Waals surface area (Å²) in [6, 6.07) is 5.12. The highest BCUT2D eigenvalue weighted by Crippen LogP contribution is 2.31. The van der Waals surface area contributed by atoms with Gasteiger partial charge in [0.15, 0.2) is 0 Å². The van der Waals surface area contributed by atoms with E-state index in [4.69, 9.17) is 16.7 Å². The number of carbonyl (C=O) groups excluding carboxylic acids is 1. The zero-order chi connectivity index (χ0) is 18.2. The lowest BCUT2D eigenvalue weighted by Gasteiger charge is -2.11. The number of rotatable bonds is 4. The van der Waals surface area contributed by atoms with Crippen molar-refractivity contribution in [3.8, 4) is 0 Å². The van der Waals surface area contributed by atoms with Crippen LogP contribution in [0.5, 0.6) is 0 Å². The second kappa shape index (κ2) is 6.32. The van der Waals surface area contributed by atoms with Crippen molar-refractivity contribution in [2.75, 3.05) is 0 Å². The molecule has 0 saturated heterocycles. The molecule has 1 unspecified atom stereocenters. The molecule has 128 valence electrons. The minimum Gasteiger partial charge on any atom is -0.481 e. The van der Waals surface area contributed by atoms with Crippen molar-refractivity contribution in [3.05, 3.63) is 57.9 Å². The monoisotopic (exact) mass is 359 g/mol. The molecule has 0 aliphatic heterocycles. The number of halogens is 4. The summed E-state index contributed by atoms with van der Waals surface area (Å²) in [4.78, 5) is 23.6. The number of benzene rings is 1. The highest BCUT2D eigenvalue weighted by atomic mass is 35.5. The molecule has 1 atom stereocenters. The molecule has 1 aromatic carbocycles. The van der Waals surface area contributed by atoms with Crippen LogP contribution >= 0.6 is 11.6 Å². The first-order chi connectivity index (χ1) is 11.0. The van der Waals surface area contributed by atoms with Crippen molar-refractivity contribution in [2.45, 2.75) is 19.0 Å². The van der Waals surface area contributed by atoms with Crippen LogP contribution in [0.4, 0.5) is 13.2 Å². The molecule has 0 aliphatic rings. The Balaban J connectivity index is 2.42. The predicted molar refractivity (Wildman–Crippen MR) is 81.4 cm³/mol. The Hall–Kier alpha value is -2.28.